The van der Waals surface area contributed by atoms with Crippen LogP contribution in [0.3, 0.4) is 0 Å². The van der Waals surface area contributed by atoms with E-state index in [4.69, 9.17) is 0 Å². The lowest BCUT2D eigenvalue weighted by Crippen LogP contribution is -2.52. The summed E-state index contributed by atoms with van der Waals surface area (Å²) >= 11 is 3.43. The summed E-state index contributed by atoms with van der Waals surface area (Å²) in [5.74, 6) is -1.73. The summed E-state index contributed by atoms with van der Waals surface area (Å²) in [5, 5.41) is 3.03. The summed E-state index contributed by atoms with van der Waals surface area (Å²) in [7, 11) is -4.31. The summed E-state index contributed by atoms with van der Waals surface area (Å²) in [4.78, 5) is 28.4. The second-order valence-corrected chi connectivity index (χ2v) is 12.4. The number of amides is 2. The third-order valence-corrected chi connectivity index (χ3v) is 9.11. The molecule has 0 saturated heterocycles. The largest absolute Gasteiger partial charge is 0.352 e. The molecule has 1 N–H and O–H groups in total. The second-order valence-electron chi connectivity index (χ2n) is 9.59. The minimum atomic E-state index is -4.31. The van der Waals surface area contributed by atoms with Gasteiger partial charge in [0.2, 0.25) is 11.8 Å². The van der Waals surface area contributed by atoms with Gasteiger partial charge in [-0.15, -0.1) is 0 Å². The average molecular weight is 617 g/mol. The molecule has 1 atom stereocenters. The van der Waals surface area contributed by atoms with E-state index in [1.54, 1.807) is 25.1 Å². The van der Waals surface area contributed by atoms with Gasteiger partial charge in [-0.2, -0.15) is 0 Å². The van der Waals surface area contributed by atoms with Crippen molar-refractivity contribution in [3.63, 3.8) is 0 Å². The number of hydrogen-bond donors (Lipinski definition) is 1. The van der Waals surface area contributed by atoms with Crippen LogP contribution in [0.1, 0.15) is 38.2 Å². The Balaban J connectivity index is 1.69. The van der Waals surface area contributed by atoms with Gasteiger partial charge in [0.1, 0.15) is 18.4 Å². The smallest absolute Gasteiger partial charge is 0.264 e. The Labute approximate surface area is 237 Å². The first kappa shape index (κ1) is 28.8. The second kappa shape index (κ2) is 12.7. The molecule has 1 aliphatic carbocycles. The predicted octanol–water partition coefficient (Wildman–Crippen LogP) is 5.26. The van der Waals surface area contributed by atoms with Crippen molar-refractivity contribution in [2.45, 2.75) is 56.1 Å². The van der Waals surface area contributed by atoms with Gasteiger partial charge in [0.15, 0.2) is 0 Å². The fourth-order valence-electron chi connectivity index (χ4n) is 4.69. The number of nitrogens with zero attached hydrogens (tertiary/aromatic N) is 2. The topological polar surface area (TPSA) is 86.8 Å². The lowest BCUT2D eigenvalue weighted by molar-refractivity contribution is -0.139. The van der Waals surface area contributed by atoms with E-state index in [1.165, 1.54) is 35.2 Å². The van der Waals surface area contributed by atoms with Crippen molar-refractivity contribution >= 4 is 43.5 Å². The number of carbonyl (C=O) groups excluding carboxylic acids is 2. The fourth-order valence-corrected chi connectivity index (χ4v) is 6.58. The number of halogens is 2. The SMILES string of the molecule is CC(C(=O)NC1CCCC1)N(Cc1cccc(Br)c1)C(=O)CN(c1ccccc1F)S(=O)(=O)c1ccccc1. The van der Waals surface area contributed by atoms with Crippen LogP contribution in [0, 0.1) is 5.82 Å². The molecule has 10 heteroatoms. The zero-order valence-corrected chi connectivity index (χ0v) is 24.0. The van der Waals surface area contributed by atoms with Gasteiger partial charge in [-0.3, -0.25) is 13.9 Å². The number of nitrogens with one attached hydrogen (secondary N) is 1. The Morgan fingerprint density at radius 1 is 1.00 bits per heavy atom. The van der Waals surface area contributed by atoms with Gasteiger partial charge >= 0.3 is 0 Å². The molecule has 7 nitrogen and oxygen atoms in total. The van der Waals surface area contributed by atoms with Crippen molar-refractivity contribution in [3.05, 3.63) is 94.7 Å². The van der Waals surface area contributed by atoms with Crippen LogP contribution >= 0.6 is 15.9 Å². The highest BCUT2D eigenvalue weighted by molar-refractivity contribution is 9.10. The van der Waals surface area contributed by atoms with E-state index in [-0.39, 0.29) is 29.1 Å². The third-order valence-electron chi connectivity index (χ3n) is 6.84. The van der Waals surface area contributed by atoms with E-state index in [0.717, 1.165) is 46.1 Å². The summed E-state index contributed by atoms with van der Waals surface area (Å²) in [5.41, 5.74) is 0.502. The number of anilines is 1. The van der Waals surface area contributed by atoms with Crippen LogP contribution in [-0.4, -0.2) is 43.8 Å². The molecule has 0 radical (unpaired) electrons. The molecule has 39 heavy (non-hydrogen) atoms. The molecule has 0 aromatic heterocycles. The monoisotopic (exact) mass is 615 g/mol. The van der Waals surface area contributed by atoms with Crippen molar-refractivity contribution in [2.75, 3.05) is 10.8 Å². The molecule has 1 unspecified atom stereocenters. The number of para-hydroxylation sites is 1. The number of carbonyl (C=O) groups is 2. The molecule has 1 aliphatic rings. The Kier molecular flexibility index (Phi) is 9.40. The quantitative estimate of drug-likeness (QED) is 0.337. The molecule has 0 aliphatic heterocycles. The zero-order chi connectivity index (χ0) is 28.0. The summed E-state index contributed by atoms with van der Waals surface area (Å²) in [6.45, 7) is 1.00. The molecule has 3 aromatic rings. The van der Waals surface area contributed by atoms with Crippen LogP contribution in [0.5, 0.6) is 0 Å². The van der Waals surface area contributed by atoms with E-state index in [2.05, 4.69) is 21.2 Å². The van der Waals surface area contributed by atoms with Gasteiger partial charge in [-0.05, 0) is 61.7 Å². The summed E-state index contributed by atoms with van der Waals surface area (Å²) in [6.07, 6.45) is 3.84. The van der Waals surface area contributed by atoms with Gasteiger partial charge in [0.05, 0.1) is 10.6 Å². The van der Waals surface area contributed by atoms with Crippen molar-refractivity contribution in [1.82, 2.24) is 10.2 Å². The highest BCUT2D eigenvalue weighted by atomic mass is 79.9. The van der Waals surface area contributed by atoms with Gasteiger partial charge < -0.3 is 10.2 Å². The van der Waals surface area contributed by atoms with E-state index in [0.29, 0.717) is 0 Å². The molecule has 3 aromatic carbocycles. The number of hydrogen-bond acceptors (Lipinski definition) is 4. The summed E-state index contributed by atoms with van der Waals surface area (Å²) in [6, 6.07) is 19.5. The third kappa shape index (κ3) is 7.05. The Hall–Kier alpha value is -3.24. The number of sulfonamides is 1. The Morgan fingerprint density at radius 3 is 2.33 bits per heavy atom. The molecule has 1 fully saturated rings. The van der Waals surface area contributed by atoms with Gasteiger partial charge in [-0.25, -0.2) is 12.8 Å². The van der Waals surface area contributed by atoms with Crippen LogP contribution in [-0.2, 0) is 26.2 Å². The lowest BCUT2D eigenvalue weighted by atomic mass is 10.1. The van der Waals surface area contributed by atoms with Crippen molar-refractivity contribution in [2.24, 2.45) is 0 Å². The first-order chi connectivity index (χ1) is 18.7. The average Bonchev–Trinajstić information content (AvgIpc) is 3.44. The normalized spacial score (nSPS) is 14.5. The fraction of sp³-hybridized carbons (Fsp3) is 0.310. The highest BCUT2D eigenvalue weighted by Gasteiger charge is 2.34. The van der Waals surface area contributed by atoms with E-state index in [1.807, 2.05) is 24.3 Å². The minimum absolute atomic E-state index is 0.0520. The van der Waals surface area contributed by atoms with Crippen LogP contribution < -0.4 is 9.62 Å². The van der Waals surface area contributed by atoms with Crippen LogP contribution in [0.2, 0.25) is 0 Å². The molecule has 206 valence electrons. The Morgan fingerprint density at radius 2 is 1.67 bits per heavy atom. The van der Waals surface area contributed by atoms with Crippen molar-refractivity contribution in [1.29, 1.82) is 0 Å². The predicted molar refractivity (Wildman–Crippen MR) is 152 cm³/mol. The molecule has 2 amide bonds. The lowest BCUT2D eigenvalue weighted by Gasteiger charge is -2.32. The van der Waals surface area contributed by atoms with Gasteiger partial charge in [0.25, 0.3) is 10.0 Å². The molecule has 1 saturated carbocycles. The van der Waals surface area contributed by atoms with E-state index < -0.39 is 34.3 Å². The Bertz CT molecular complexity index is 1410. The molecule has 0 heterocycles. The molecular weight excluding hydrogens is 585 g/mol. The first-order valence-electron chi connectivity index (χ1n) is 12.8. The molecule has 0 spiro atoms. The maximum Gasteiger partial charge on any atom is 0.264 e. The van der Waals surface area contributed by atoms with Crippen LogP contribution in [0.25, 0.3) is 0 Å². The van der Waals surface area contributed by atoms with Crippen molar-refractivity contribution < 1.29 is 22.4 Å². The van der Waals surface area contributed by atoms with Gasteiger partial charge in [-0.1, -0.05) is 71.2 Å². The maximum absolute atomic E-state index is 14.9. The standard InChI is InChI=1S/C29H31BrFN3O4S/c1-21(29(36)32-24-12-5-6-13-24)33(19-22-10-9-11-23(30)18-22)28(35)20-34(27-17-8-7-16-26(27)31)39(37,38)25-14-3-2-4-15-25/h2-4,7-11,14-18,21,24H,5-6,12-13,19-20H2,1H3,(H,32,36). The molecular formula is C29H31BrFN3O4S. The maximum atomic E-state index is 14.9. The van der Waals surface area contributed by atoms with Crippen molar-refractivity contribution in [3.8, 4) is 0 Å². The first-order valence-corrected chi connectivity index (χ1v) is 15.1. The highest BCUT2D eigenvalue weighted by Crippen LogP contribution is 2.27. The molecule has 4 rings (SSSR count). The summed E-state index contributed by atoms with van der Waals surface area (Å²) < 4.78 is 43.9. The van der Waals surface area contributed by atoms with Crippen LogP contribution in [0.4, 0.5) is 10.1 Å². The van der Waals surface area contributed by atoms with Crippen LogP contribution in [0.15, 0.2) is 88.2 Å². The van der Waals surface area contributed by atoms with E-state index in [9.17, 15) is 22.4 Å². The molecule has 0 bridgehead atoms. The minimum Gasteiger partial charge on any atom is -0.352 e. The number of benzene rings is 3. The zero-order valence-electron chi connectivity index (χ0n) is 21.6. The number of rotatable bonds is 10. The van der Waals surface area contributed by atoms with E-state index >= 15 is 0 Å². The van der Waals surface area contributed by atoms with Gasteiger partial charge in [0, 0.05) is 17.1 Å².